The van der Waals surface area contributed by atoms with Gasteiger partial charge in [-0.25, -0.2) is 9.78 Å². The van der Waals surface area contributed by atoms with E-state index in [1.807, 2.05) is 18.2 Å². The molecule has 1 atom stereocenters. The van der Waals surface area contributed by atoms with Gasteiger partial charge in [-0.1, -0.05) is 29.8 Å². The summed E-state index contributed by atoms with van der Waals surface area (Å²) in [5.41, 5.74) is 1.96. The molecule has 1 aliphatic heterocycles. The van der Waals surface area contributed by atoms with Gasteiger partial charge in [0.1, 0.15) is 11.8 Å². The van der Waals surface area contributed by atoms with Gasteiger partial charge >= 0.3 is 5.97 Å². The Hall–Kier alpha value is -2.40. The average molecular weight is 317 g/mol. The molecule has 0 saturated carbocycles. The van der Waals surface area contributed by atoms with Crippen LogP contribution in [-0.4, -0.2) is 29.5 Å². The molecule has 0 saturated heterocycles. The first-order valence-corrected chi connectivity index (χ1v) is 7.19. The van der Waals surface area contributed by atoms with E-state index in [1.54, 1.807) is 12.1 Å². The minimum Gasteiger partial charge on any atom is -0.460 e. The molecular weight excluding hydrogens is 304 g/mol. The highest BCUT2D eigenvalue weighted by Crippen LogP contribution is 2.17. The van der Waals surface area contributed by atoms with Crippen LogP contribution in [0.4, 0.5) is 0 Å². The molecule has 6 heteroatoms. The Labute approximate surface area is 132 Å². The predicted molar refractivity (Wildman–Crippen MR) is 80.9 cm³/mol. The van der Waals surface area contributed by atoms with E-state index in [1.165, 1.54) is 12.3 Å². The fourth-order valence-electron chi connectivity index (χ4n) is 2.36. The monoisotopic (exact) mass is 316 g/mol. The molecule has 5 nitrogen and oxygen atoms in total. The first kappa shape index (κ1) is 14.5. The van der Waals surface area contributed by atoms with Crippen LogP contribution in [0, 0.1) is 0 Å². The number of hydrogen-bond donors (Lipinski definition) is 1. The van der Waals surface area contributed by atoms with Gasteiger partial charge in [0, 0.05) is 11.8 Å². The molecule has 2 heterocycles. The summed E-state index contributed by atoms with van der Waals surface area (Å²) < 4.78 is 5.23. The number of rotatable bonds is 3. The number of hydrogen-bond acceptors (Lipinski definition) is 4. The van der Waals surface area contributed by atoms with Crippen molar-refractivity contribution in [1.29, 1.82) is 0 Å². The molecule has 0 bridgehead atoms. The zero-order chi connectivity index (χ0) is 15.5. The van der Waals surface area contributed by atoms with Crippen LogP contribution >= 0.6 is 11.6 Å². The lowest BCUT2D eigenvalue weighted by Gasteiger charge is -2.25. The van der Waals surface area contributed by atoms with Crippen molar-refractivity contribution < 1.29 is 14.3 Å². The van der Waals surface area contributed by atoms with Gasteiger partial charge in [-0.3, -0.25) is 4.79 Å². The highest BCUT2D eigenvalue weighted by Gasteiger charge is 2.24. The number of carbonyl (C=O) groups is 2. The number of esters is 1. The molecule has 0 radical (unpaired) electrons. The molecule has 1 amide bonds. The third-order valence-electron chi connectivity index (χ3n) is 3.44. The van der Waals surface area contributed by atoms with Crippen LogP contribution in [0.2, 0.25) is 5.15 Å². The third-order valence-corrected chi connectivity index (χ3v) is 3.67. The third kappa shape index (κ3) is 3.09. The van der Waals surface area contributed by atoms with Crippen LogP contribution < -0.4 is 5.32 Å². The van der Waals surface area contributed by atoms with Crippen molar-refractivity contribution in [2.75, 3.05) is 6.61 Å². The lowest BCUT2D eigenvalue weighted by atomic mass is 9.96. The average Bonchev–Trinajstić information content (AvgIpc) is 2.53. The minimum absolute atomic E-state index is 0.113. The second kappa shape index (κ2) is 6.15. The molecular formula is C16H13ClN2O3. The maximum absolute atomic E-state index is 12.0. The number of nitrogens with one attached hydrogen (secondary N) is 1. The first-order chi connectivity index (χ1) is 10.6. The molecule has 1 aliphatic rings. The van der Waals surface area contributed by atoms with Gasteiger partial charge in [-0.05, 0) is 30.2 Å². The van der Waals surface area contributed by atoms with E-state index in [0.29, 0.717) is 22.7 Å². The van der Waals surface area contributed by atoms with Gasteiger partial charge in [0.25, 0.3) is 5.91 Å². The Bertz CT molecular complexity index is 716. The fourth-order valence-corrected chi connectivity index (χ4v) is 2.47. The second-order valence-electron chi connectivity index (χ2n) is 5.00. The summed E-state index contributed by atoms with van der Waals surface area (Å²) in [6.07, 6.45) is 1.99. The van der Waals surface area contributed by atoms with Gasteiger partial charge in [-0.15, -0.1) is 0 Å². The number of aromatic nitrogens is 1. The largest absolute Gasteiger partial charge is 0.460 e. The van der Waals surface area contributed by atoms with E-state index in [2.05, 4.69) is 10.3 Å². The molecule has 1 aromatic carbocycles. The summed E-state index contributed by atoms with van der Waals surface area (Å²) in [5.74, 6) is -0.631. The van der Waals surface area contributed by atoms with Crippen LogP contribution in [0.25, 0.3) is 0 Å². The van der Waals surface area contributed by atoms with Crippen LogP contribution in [0.5, 0.6) is 0 Å². The summed E-state index contributed by atoms with van der Waals surface area (Å²) in [6.45, 7) is 0.113. The summed E-state index contributed by atoms with van der Waals surface area (Å²) in [6, 6.07) is 10.2. The van der Waals surface area contributed by atoms with Crippen LogP contribution in [-0.2, 0) is 11.2 Å². The first-order valence-electron chi connectivity index (χ1n) is 6.81. The molecule has 0 spiro atoms. The second-order valence-corrected chi connectivity index (χ2v) is 5.39. The highest BCUT2D eigenvalue weighted by atomic mass is 35.5. The van der Waals surface area contributed by atoms with Crippen LogP contribution in [0.3, 0.4) is 0 Å². The Balaban J connectivity index is 1.62. The van der Waals surface area contributed by atoms with Gasteiger partial charge < -0.3 is 10.1 Å². The number of nitrogens with zero attached hydrogens (tertiary/aromatic N) is 1. The number of carbonyl (C=O) groups excluding carboxylic acids is 2. The van der Waals surface area contributed by atoms with Crippen molar-refractivity contribution in [2.24, 2.45) is 0 Å². The van der Waals surface area contributed by atoms with Gasteiger partial charge in [-0.2, -0.15) is 0 Å². The van der Waals surface area contributed by atoms with E-state index < -0.39 is 5.97 Å². The summed E-state index contributed by atoms with van der Waals surface area (Å²) in [7, 11) is 0. The van der Waals surface area contributed by atoms with E-state index in [-0.39, 0.29) is 18.6 Å². The zero-order valence-electron chi connectivity index (χ0n) is 11.6. The minimum atomic E-state index is -0.489. The van der Waals surface area contributed by atoms with Gasteiger partial charge in [0.15, 0.2) is 0 Å². The maximum Gasteiger partial charge on any atom is 0.339 e. The molecule has 3 rings (SSSR count). The predicted octanol–water partition coefficient (Wildman–Crippen LogP) is 2.25. The summed E-state index contributed by atoms with van der Waals surface area (Å²) in [4.78, 5) is 27.7. The number of ether oxygens (including phenoxy) is 1. The molecule has 0 fully saturated rings. The number of fused-ring (bicyclic) bond motifs is 1. The highest BCUT2D eigenvalue weighted by molar-refractivity contribution is 6.29. The summed E-state index contributed by atoms with van der Waals surface area (Å²) in [5, 5.41) is 3.15. The smallest absolute Gasteiger partial charge is 0.339 e. The van der Waals surface area contributed by atoms with Crippen LogP contribution in [0.15, 0.2) is 42.6 Å². The molecule has 0 aliphatic carbocycles. The topological polar surface area (TPSA) is 68.3 Å². The molecule has 22 heavy (non-hydrogen) atoms. The zero-order valence-corrected chi connectivity index (χ0v) is 12.3. The standard InChI is InChI=1S/C16H13ClN2O3/c17-14-6-5-11(8-18-14)16(21)22-9-12-7-10-3-1-2-4-13(10)15(20)19-12/h1-6,8,12H,7,9H2,(H,19,20)/t12-/m0/s1. The number of halogens is 1. The molecule has 1 N–H and O–H groups in total. The Morgan fingerprint density at radius 3 is 2.91 bits per heavy atom. The maximum atomic E-state index is 12.0. The quantitative estimate of drug-likeness (QED) is 0.696. The SMILES string of the molecule is O=C(OC[C@@H]1Cc2ccccc2C(=O)N1)c1ccc(Cl)nc1. The lowest BCUT2D eigenvalue weighted by Crippen LogP contribution is -2.44. The number of amides is 1. The fraction of sp³-hybridized carbons (Fsp3) is 0.188. The van der Waals surface area contributed by atoms with E-state index >= 15 is 0 Å². The Morgan fingerprint density at radius 2 is 2.14 bits per heavy atom. The van der Waals surface area contributed by atoms with Crippen molar-refractivity contribution in [1.82, 2.24) is 10.3 Å². The van der Waals surface area contributed by atoms with Crippen molar-refractivity contribution in [3.63, 3.8) is 0 Å². The normalized spacial score (nSPS) is 16.6. The molecule has 0 unspecified atom stereocenters. The Kier molecular flexibility index (Phi) is 4.06. The van der Waals surface area contributed by atoms with Crippen molar-refractivity contribution in [2.45, 2.75) is 12.5 Å². The van der Waals surface area contributed by atoms with E-state index in [9.17, 15) is 9.59 Å². The molecule has 1 aromatic heterocycles. The van der Waals surface area contributed by atoms with E-state index in [4.69, 9.17) is 16.3 Å². The van der Waals surface area contributed by atoms with Crippen molar-refractivity contribution in [3.05, 3.63) is 64.4 Å². The summed E-state index contributed by atoms with van der Waals surface area (Å²) >= 11 is 5.67. The molecule has 2 aromatic rings. The Morgan fingerprint density at radius 1 is 1.32 bits per heavy atom. The van der Waals surface area contributed by atoms with E-state index in [0.717, 1.165) is 5.56 Å². The number of benzene rings is 1. The van der Waals surface area contributed by atoms with Crippen molar-refractivity contribution in [3.8, 4) is 0 Å². The number of pyridine rings is 1. The van der Waals surface area contributed by atoms with Crippen LogP contribution in [0.1, 0.15) is 26.3 Å². The molecule has 112 valence electrons. The van der Waals surface area contributed by atoms with Crippen molar-refractivity contribution >= 4 is 23.5 Å². The lowest BCUT2D eigenvalue weighted by molar-refractivity contribution is 0.0451. The van der Waals surface area contributed by atoms with Gasteiger partial charge in [0.2, 0.25) is 0 Å². The van der Waals surface area contributed by atoms with Gasteiger partial charge in [0.05, 0.1) is 11.6 Å².